The Kier molecular flexibility index (Phi) is 7.62. The first-order chi connectivity index (χ1) is 21.2. The first kappa shape index (κ1) is 32.9. The number of hydrogen-bond acceptors (Lipinski definition) is 4. The van der Waals surface area contributed by atoms with Gasteiger partial charge < -0.3 is 20.1 Å². The van der Waals surface area contributed by atoms with Gasteiger partial charge in [0.1, 0.15) is 0 Å². The van der Waals surface area contributed by atoms with Crippen molar-refractivity contribution < 1.29 is 24.9 Å². The number of unbranched alkanes of at least 4 members (excludes halogenated alkanes) is 3. The van der Waals surface area contributed by atoms with Gasteiger partial charge in [-0.05, 0) is 129 Å². The molecule has 3 N–H and O–H groups in total. The van der Waals surface area contributed by atoms with Gasteiger partial charge in [-0.3, -0.25) is 4.79 Å². The van der Waals surface area contributed by atoms with Crippen molar-refractivity contribution >= 4 is 5.97 Å². The molecule has 2 bridgehead atoms. The Morgan fingerprint density at radius 1 is 0.822 bits per heavy atom. The molecule has 5 heteroatoms. The molecule has 0 amide bonds. The van der Waals surface area contributed by atoms with Crippen LogP contribution >= 0.6 is 0 Å². The Bertz CT molecular complexity index is 1190. The van der Waals surface area contributed by atoms with Gasteiger partial charge in [-0.1, -0.05) is 66.7 Å². The standard InChI is InChI=1S/C40H66O5/c1-7-9-10-11-16-37-22-27-13-14-28-23-40(44)30(12-8-2)38(26-45-40)17-15-29(36(27,6)39(28,38)25-41)35(37,5)21-20-33(3)18-19-34(4,32(42)43)24-31(33)37/h27-31,41,44H,7-26H2,1-6H3,(H,42,43). The molecule has 7 fully saturated rings. The van der Waals surface area contributed by atoms with Gasteiger partial charge in [-0.2, -0.15) is 0 Å². The minimum Gasteiger partial charge on any atom is -0.481 e. The van der Waals surface area contributed by atoms with Crippen LogP contribution in [-0.4, -0.2) is 40.3 Å². The van der Waals surface area contributed by atoms with Crippen LogP contribution in [0.1, 0.15) is 157 Å². The molecule has 45 heavy (non-hydrogen) atoms. The van der Waals surface area contributed by atoms with Crippen molar-refractivity contribution in [3.63, 3.8) is 0 Å². The van der Waals surface area contributed by atoms with Crippen molar-refractivity contribution in [3.05, 3.63) is 0 Å². The molecule has 5 nitrogen and oxygen atoms in total. The minimum absolute atomic E-state index is 0.00981. The average molecular weight is 627 g/mol. The summed E-state index contributed by atoms with van der Waals surface area (Å²) in [6, 6.07) is 0. The Morgan fingerprint density at radius 3 is 2.24 bits per heavy atom. The number of fused-ring (bicyclic) bond motifs is 5. The summed E-state index contributed by atoms with van der Waals surface area (Å²) >= 11 is 0. The summed E-state index contributed by atoms with van der Waals surface area (Å²) in [4.78, 5) is 12.9. The van der Waals surface area contributed by atoms with Crippen molar-refractivity contribution in [1.82, 2.24) is 0 Å². The molecule has 13 atom stereocenters. The van der Waals surface area contributed by atoms with Gasteiger partial charge in [-0.15, -0.1) is 0 Å². The van der Waals surface area contributed by atoms with Crippen molar-refractivity contribution in [1.29, 1.82) is 0 Å². The van der Waals surface area contributed by atoms with Gasteiger partial charge in [0.25, 0.3) is 0 Å². The molecule has 0 radical (unpaired) electrons. The van der Waals surface area contributed by atoms with Gasteiger partial charge in [0.05, 0.1) is 18.6 Å². The highest BCUT2D eigenvalue weighted by molar-refractivity contribution is 5.74. The van der Waals surface area contributed by atoms with Gasteiger partial charge in [-0.25, -0.2) is 0 Å². The van der Waals surface area contributed by atoms with Crippen molar-refractivity contribution in [2.75, 3.05) is 13.2 Å². The number of aliphatic hydroxyl groups is 2. The van der Waals surface area contributed by atoms with Crippen LogP contribution in [0.15, 0.2) is 0 Å². The molecule has 1 spiro atoms. The van der Waals surface area contributed by atoms with Crippen LogP contribution in [0.2, 0.25) is 0 Å². The second-order valence-corrected chi connectivity index (χ2v) is 19.2. The predicted molar refractivity (Wildman–Crippen MR) is 177 cm³/mol. The summed E-state index contributed by atoms with van der Waals surface area (Å²) in [5.41, 5.74) is -0.571. The Hall–Kier alpha value is -0.650. The fourth-order valence-corrected chi connectivity index (χ4v) is 16.0. The van der Waals surface area contributed by atoms with E-state index in [0.717, 1.165) is 51.4 Å². The maximum absolute atomic E-state index is 12.9. The zero-order chi connectivity index (χ0) is 32.3. The third kappa shape index (κ3) is 3.76. The van der Waals surface area contributed by atoms with Crippen LogP contribution in [0, 0.1) is 67.5 Å². The summed E-state index contributed by atoms with van der Waals surface area (Å²) in [6.45, 7) is 15.3. The number of aliphatic hydroxyl groups excluding tert-OH is 1. The largest absolute Gasteiger partial charge is 0.481 e. The monoisotopic (exact) mass is 626 g/mol. The summed E-state index contributed by atoms with van der Waals surface area (Å²) in [5, 5.41) is 34.6. The maximum atomic E-state index is 12.9. The predicted octanol–water partition coefficient (Wildman–Crippen LogP) is 8.99. The van der Waals surface area contributed by atoms with Crippen LogP contribution in [0.25, 0.3) is 0 Å². The Balaban J connectivity index is 1.39. The maximum Gasteiger partial charge on any atom is 0.309 e. The van der Waals surface area contributed by atoms with Crippen LogP contribution in [0.3, 0.4) is 0 Å². The molecule has 0 aromatic rings. The SMILES string of the molecule is CCCCCCC12CC3CCC4CC5(O)OCC6(CCC(C1(C)CCC1(C)CCC(C)(C(=O)O)CC12)C3(C)C46CO)C5CCC. The number of ether oxygens (including phenoxy) is 1. The fraction of sp³-hybridized carbons (Fsp3) is 0.975. The lowest BCUT2D eigenvalue weighted by atomic mass is 9.22. The first-order valence-corrected chi connectivity index (χ1v) is 19.4. The zero-order valence-electron chi connectivity index (χ0n) is 29.7. The highest BCUT2D eigenvalue weighted by Gasteiger charge is 2.84. The topological polar surface area (TPSA) is 87.0 Å². The quantitative estimate of drug-likeness (QED) is 0.222. The van der Waals surface area contributed by atoms with Gasteiger partial charge in [0.2, 0.25) is 0 Å². The third-order valence-electron chi connectivity index (χ3n) is 18.2. The minimum atomic E-state index is -1.03. The lowest BCUT2D eigenvalue weighted by Crippen LogP contribution is -2.78. The highest BCUT2D eigenvalue weighted by Crippen LogP contribution is 2.87. The second-order valence-electron chi connectivity index (χ2n) is 19.2. The molecule has 256 valence electrons. The molecule has 6 saturated carbocycles. The smallest absolute Gasteiger partial charge is 0.309 e. The van der Waals surface area contributed by atoms with Crippen LogP contribution in [0.5, 0.6) is 0 Å². The summed E-state index contributed by atoms with van der Waals surface area (Å²) < 4.78 is 6.54. The molecule has 7 aliphatic rings. The molecule has 13 unspecified atom stereocenters. The number of rotatable bonds is 9. The number of carboxylic acid groups (broad SMARTS) is 1. The van der Waals surface area contributed by atoms with E-state index in [9.17, 15) is 20.1 Å². The first-order valence-electron chi connectivity index (χ1n) is 19.4. The summed E-state index contributed by atoms with van der Waals surface area (Å²) in [6.07, 6.45) is 19.8. The lowest BCUT2D eigenvalue weighted by molar-refractivity contribution is -0.359. The normalized spacial score (nSPS) is 56.2. The van der Waals surface area contributed by atoms with E-state index >= 15 is 0 Å². The molecule has 1 saturated heterocycles. The molecule has 0 aromatic carbocycles. The van der Waals surface area contributed by atoms with Crippen LogP contribution in [-0.2, 0) is 9.53 Å². The zero-order valence-corrected chi connectivity index (χ0v) is 29.7. The molecule has 1 aliphatic heterocycles. The van der Waals surface area contributed by atoms with E-state index in [-0.39, 0.29) is 45.0 Å². The fourth-order valence-electron chi connectivity index (χ4n) is 16.0. The molecule has 7 rings (SSSR count). The average Bonchev–Trinajstić information content (AvgIpc) is 3.19. The van der Waals surface area contributed by atoms with E-state index in [1.54, 1.807) is 0 Å². The van der Waals surface area contributed by atoms with Gasteiger partial charge in [0, 0.05) is 23.2 Å². The van der Waals surface area contributed by atoms with E-state index in [2.05, 4.69) is 41.5 Å². The van der Waals surface area contributed by atoms with Crippen LogP contribution in [0.4, 0.5) is 0 Å². The van der Waals surface area contributed by atoms with E-state index in [1.165, 1.54) is 57.8 Å². The van der Waals surface area contributed by atoms with Crippen molar-refractivity contribution in [3.8, 4) is 0 Å². The van der Waals surface area contributed by atoms with Crippen LogP contribution < -0.4 is 0 Å². The summed E-state index contributed by atoms with van der Waals surface area (Å²) in [7, 11) is 0. The molecular formula is C40H66O5. The van der Waals surface area contributed by atoms with E-state index < -0.39 is 17.2 Å². The van der Waals surface area contributed by atoms with Crippen molar-refractivity contribution in [2.45, 2.75) is 163 Å². The van der Waals surface area contributed by atoms with Crippen molar-refractivity contribution in [2.24, 2.45) is 67.5 Å². The van der Waals surface area contributed by atoms with E-state index in [1.807, 2.05) is 0 Å². The Morgan fingerprint density at radius 2 is 1.56 bits per heavy atom. The number of carbonyl (C=O) groups is 1. The van der Waals surface area contributed by atoms with E-state index in [4.69, 9.17) is 4.74 Å². The molecule has 0 aromatic heterocycles. The van der Waals surface area contributed by atoms with Gasteiger partial charge >= 0.3 is 5.97 Å². The number of carboxylic acids is 1. The van der Waals surface area contributed by atoms with E-state index in [0.29, 0.717) is 36.7 Å². The lowest BCUT2D eigenvalue weighted by Gasteiger charge is -2.82. The number of aliphatic carboxylic acids is 1. The summed E-state index contributed by atoms with van der Waals surface area (Å²) in [5.74, 6) is 0.245. The molecule has 6 aliphatic carbocycles. The molecular weight excluding hydrogens is 560 g/mol. The Labute approximate surface area is 274 Å². The number of hydrogen-bond donors (Lipinski definition) is 3. The highest BCUT2D eigenvalue weighted by atomic mass is 16.6. The molecule has 1 heterocycles. The third-order valence-corrected chi connectivity index (χ3v) is 18.2. The van der Waals surface area contributed by atoms with Gasteiger partial charge in [0.15, 0.2) is 5.79 Å². The second kappa shape index (κ2) is 10.4.